The molecule has 176 valence electrons. The van der Waals surface area contributed by atoms with E-state index in [1.807, 2.05) is 0 Å². The Morgan fingerprint density at radius 2 is 1.70 bits per heavy atom. The summed E-state index contributed by atoms with van der Waals surface area (Å²) in [6.45, 7) is -0.597. The van der Waals surface area contributed by atoms with Crippen LogP contribution < -0.4 is 9.47 Å². The molecule has 0 aliphatic carbocycles. The highest BCUT2D eigenvalue weighted by Gasteiger charge is 2.44. The molecule has 1 unspecified atom stereocenters. The molecule has 10 heteroatoms. The molecule has 0 aromatic heterocycles. The van der Waals surface area contributed by atoms with E-state index >= 15 is 0 Å². The lowest BCUT2D eigenvalue weighted by atomic mass is 9.94. The number of aliphatic hydroxyl groups is 5. The molecule has 1 saturated heterocycles. The summed E-state index contributed by atoms with van der Waals surface area (Å²) >= 11 is 0. The molecule has 0 radical (unpaired) electrons. The molecule has 0 bridgehead atoms. The maximum atomic E-state index is 12.5. The van der Waals surface area contributed by atoms with Gasteiger partial charge in [0.1, 0.15) is 41.7 Å². The SMILES string of the molecule is O=C1C=C(c2ccc(O)cc2)C(O)Cc2ccc(O[C@@H]3O[C@H](CO)[C@@H](O)[C@H](O)[C@H]3O)cc2O1. The Labute approximate surface area is 188 Å². The van der Waals surface area contributed by atoms with Crippen LogP contribution in [0.1, 0.15) is 11.1 Å². The number of phenolic OH excluding ortho intramolecular Hbond substituents is 1. The molecule has 6 N–H and O–H groups in total. The van der Waals surface area contributed by atoms with E-state index in [0.717, 1.165) is 0 Å². The van der Waals surface area contributed by atoms with Gasteiger partial charge in [-0.25, -0.2) is 4.79 Å². The predicted octanol–water partition coefficient (Wildman–Crippen LogP) is -0.523. The van der Waals surface area contributed by atoms with Gasteiger partial charge in [0.25, 0.3) is 0 Å². The van der Waals surface area contributed by atoms with Crippen molar-refractivity contribution in [3.8, 4) is 17.2 Å². The average Bonchev–Trinajstić information content (AvgIpc) is 2.79. The van der Waals surface area contributed by atoms with Crippen LogP contribution in [-0.2, 0) is 16.0 Å². The molecule has 10 nitrogen and oxygen atoms in total. The molecule has 1 fully saturated rings. The Morgan fingerprint density at radius 3 is 2.39 bits per heavy atom. The van der Waals surface area contributed by atoms with Crippen LogP contribution in [0.3, 0.4) is 0 Å². The number of carbonyl (C=O) groups is 1. The zero-order chi connectivity index (χ0) is 23.7. The molecule has 4 rings (SSSR count). The Kier molecular flexibility index (Phi) is 6.66. The monoisotopic (exact) mass is 460 g/mol. The average molecular weight is 460 g/mol. The summed E-state index contributed by atoms with van der Waals surface area (Å²) in [5, 5.41) is 59.5. The molecular formula is C23H24O10. The molecule has 2 aliphatic rings. The van der Waals surface area contributed by atoms with Crippen molar-refractivity contribution in [2.45, 2.75) is 43.2 Å². The lowest BCUT2D eigenvalue weighted by Gasteiger charge is -2.39. The van der Waals surface area contributed by atoms with Crippen molar-refractivity contribution < 1.29 is 49.6 Å². The second kappa shape index (κ2) is 9.48. The third-order valence-electron chi connectivity index (χ3n) is 5.60. The second-order valence-electron chi connectivity index (χ2n) is 7.87. The highest BCUT2D eigenvalue weighted by Crippen LogP contribution is 2.33. The maximum Gasteiger partial charge on any atom is 0.336 e. The van der Waals surface area contributed by atoms with Crippen molar-refractivity contribution in [2.24, 2.45) is 0 Å². The molecule has 0 spiro atoms. The van der Waals surface area contributed by atoms with Crippen molar-refractivity contribution in [3.63, 3.8) is 0 Å². The summed E-state index contributed by atoms with van der Waals surface area (Å²) in [5.74, 6) is -0.423. The quantitative estimate of drug-likeness (QED) is 0.258. The number of esters is 1. The fourth-order valence-electron chi connectivity index (χ4n) is 3.78. The molecule has 2 aliphatic heterocycles. The fraction of sp³-hybridized carbons (Fsp3) is 0.348. The lowest BCUT2D eigenvalue weighted by molar-refractivity contribution is -0.277. The van der Waals surface area contributed by atoms with E-state index in [2.05, 4.69) is 0 Å². The van der Waals surface area contributed by atoms with Gasteiger partial charge in [-0.2, -0.15) is 0 Å². The Hall–Kier alpha value is -2.99. The van der Waals surface area contributed by atoms with E-state index in [1.54, 1.807) is 18.2 Å². The van der Waals surface area contributed by atoms with Gasteiger partial charge >= 0.3 is 5.97 Å². The third kappa shape index (κ3) is 4.86. The number of carbonyl (C=O) groups excluding carboxylic acids is 1. The number of benzene rings is 2. The van der Waals surface area contributed by atoms with Crippen LogP contribution in [0.4, 0.5) is 0 Å². The molecular weight excluding hydrogens is 436 g/mol. The first-order valence-corrected chi connectivity index (χ1v) is 10.3. The van der Waals surface area contributed by atoms with E-state index in [4.69, 9.17) is 14.2 Å². The van der Waals surface area contributed by atoms with Gasteiger partial charge < -0.3 is 44.8 Å². The van der Waals surface area contributed by atoms with Gasteiger partial charge in [-0.3, -0.25) is 0 Å². The number of ether oxygens (including phenoxy) is 3. The topological polar surface area (TPSA) is 166 Å². The lowest BCUT2D eigenvalue weighted by Crippen LogP contribution is -2.60. The van der Waals surface area contributed by atoms with Gasteiger partial charge in [0, 0.05) is 18.6 Å². The van der Waals surface area contributed by atoms with Crippen molar-refractivity contribution in [3.05, 3.63) is 59.7 Å². The number of aromatic hydroxyl groups is 1. The summed E-state index contributed by atoms with van der Waals surface area (Å²) < 4.78 is 16.3. The Morgan fingerprint density at radius 1 is 0.970 bits per heavy atom. The van der Waals surface area contributed by atoms with Crippen molar-refractivity contribution in [1.29, 1.82) is 0 Å². The van der Waals surface area contributed by atoms with Crippen LogP contribution in [0, 0.1) is 0 Å². The van der Waals surface area contributed by atoms with Gasteiger partial charge in [-0.05, 0) is 34.9 Å². The van der Waals surface area contributed by atoms with E-state index in [9.17, 15) is 35.4 Å². The van der Waals surface area contributed by atoms with Gasteiger partial charge in [0.2, 0.25) is 6.29 Å². The van der Waals surface area contributed by atoms with Crippen LogP contribution in [0.15, 0.2) is 48.5 Å². The largest absolute Gasteiger partial charge is 0.508 e. The van der Waals surface area contributed by atoms with Gasteiger partial charge in [-0.15, -0.1) is 0 Å². The van der Waals surface area contributed by atoms with E-state index in [-0.39, 0.29) is 23.7 Å². The first-order chi connectivity index (χ1) is 15.8. The van der Waals surface area contributed by atoms with Crippen LogP contribution in [0.25, 0.3) is 5.57 Å². The standard InChI is InChI=1S/C23H24O10/c24-10-18-20(28)21(29)22(30)23(33-18)31-14-6-3-12-7-16(26)15(9-19(27)32-17(12)8-14)11-1-4-13(25)5-2-11/h1-6,8-9,16,18,20-26,28-30H,7,10H2/t16?,18-,20-,21+,22-,23-/m1/s1. The Balaban J connectivity index is 1.55. The number of phenols is 1. The van der Waals surface area contributed by atoms with Gasteiger partial charge in [0.15, 0.2) is 0 Å². The van der Waals surface area contributed by atoms with Crippen LogP contribution in [0.5, 0.6) is 17.2 Å². The molecule has 6 atom stereocenters. The third-order valence-corrected chi connectivity index (χ3v) is 5.60. The molecule has 2 heterocycles. The number of hydrogen-bond acceptors (Lipinski definition) is 10. The summed E-state index contributed by atoms with van der Waals surface area (Å²) in [4.78, 5) is 12.5. The number of fused-ring (bicyclic) bond motifs is 1. The van der Waals surface area contributed by atoms with Gasteiger partial charge in [0.05, 0.1) is 12.7 Å². The van der Waals surface area contributed by atoms with Crippen molar-refractivity contribution in [2.75, 3.05) is 6.61 Å². The molecule has 0 saturated carbocycles. The zero-order valence-corrected chi connectivity index (χ0v) is 17.3. The van der Waals surface area contributed by atoms with Crippen molar-refractivity contribution >= 4 is 11.5 Å². The number of hydrogen-bond donors (Lipinski definition) is 6. The summed E-state index contributed by atoms with van der Waals surface area (Å²) in [5.41, 5.74) is 1.41. The highest BCUT2D eigenvalue weighted by molar-refractivity contribution is 5.94. The summed E-state index contributed by atoms with van der Waals surface area (Å²) in [6, 6.07) is 10.5. The smallest absolute Gasteiger partial charge is 0.336 e. The van der Waals surface area contributed by atoms with E-state index < -0.39 is 49.4 Å². The summed E-state index contributed by atoms with van der Waals surface area (Å²) in [6.07, 6.45) is -6.97. The van der Waals surface area contributed by atoms with E-state index in [0.29, 0.717) is 16.7 Å². The van der Waals surface area contributed by atoms with Crippen LogP contribution in [-0.4, -0.2) is 80.0 Å². The molecule has 2 aromatic carbocycles. The molecule has 2 aromatic rings. The van der Waals surface area contributed by atoms with Crippen molar-refractivity contribution in [1.82, 2.24) is 0 Å². The number of rotatable bonds is 4. The minimum atomic E-state index is -1.60. The fourth-order valence-corrected chi connectivity index (χ4v) is 3.78. The minimum absolute atomic E-state index is 0.0551. The minimum Gasteiger partial charge on any atom is -0.508 e. The van der Waals surface area contributed by atoms with E-state index in [1.165, 1.54) is 30.3 Å². The Bertz CT molecular complexity index is 1030. The second-order valence-corrected chi connectivity index (χ2v) is 7.87. The first-order valence-electron chi connectivity index (χ1n) is 10.3. The van der Waals surface area contributed by atoms with Crippen LogP contribution in [0.2, 0.25) is 0 Å². The number of aliphatic hydroxyl groups excluding tert-OH is 5. The predicted molar refractivity (Wildman–Crippen MR) is 112 cm³/mol. The molecule has 0 amide bonds. The maximum absolute atomic E-state index is 12.5. The highest BCUT2D eigenvalue weighted by atomic mass is 16.7. The van der Waals surface area contributed by atoms with Crippen LogP contribution >= 0.6 is 0 Å². The van der Waals surface area contributed by atoms with Gasteiger partial charge in [-0.1, -0.05) is 18.2 Å². The normalized spacial score (nSPS) is 29.8. The molecule has 33 heavy (non-hydrogen) atoms. The summed E-state index contributed by atoms with van der Waals surface area (Å²) in [7, 11) is 0. The first kappa shape index (κ1) is 23.2. The zero-order valence-electron chi connectivity index (χ0n) is 17.3.